The first-order chi connectivity index (χ1) is 24.8. The molecule has 6 aromatic rings. The summed E-state index contributed by atoms with van der Waals surface area (Å²) < 4.78 is 19.2. The molecule has 0 radical (unpaired) electrons. The molecular formula is C40H41ClN6O4. The highest BCUT2D eigenvalue weighted by molar-refractivity contribution is 6.33. The normalized spacial score (nSPS) is 11.1. The van der Waals surface area contributed by atoms with Crippen LogP contribution in [0.5, 0.6) is 17.2 Å². The third-order valence-electron chi connectivity index (χ3n) is 8.71. The number of aldehydes is 1. The van der Waals surface area contributed by atoms with E-state index in [4.69, 9.17) is 30.8 Å². The lowest BCUT2D eigenvalue weighted by Gasteiger charge is -2.23. The lowest BCUT2D eigenvalue weighted by atomic mass is 10.1. The Kier molecular flexibility index (Phi) is 11.0. The minimum Gasteiger partial charge on any atom is -0.497 e. The van der Waals surface area contributed by atoms with Gasteiger partial charge < -0.3 is 33.9 Å². The number of carbonyl (C=O) groups is 1. The lowest BCUT2D eigenvalue weighted by molar-refractivity contribution is 0.111. The number of nitrogens with zero attached hydrogens (tertiary/aromatic N) is 5. The van der Waals surface area contributed by atoms with Gasteiger partial charge in [0.15, 0.2) is 6.29 Å². The van der Waals surface area contributed by atoms with E-state index in [0.717, 1.165) is 64.1 Å². The molecule has 0 aliphatic heterocycles. The molecule has 51 heavy (non-hydrogen) atoms. The van der Waals surface area contributed by atoms with Gasteiger partial charge in [0.05, 0.1) is 42.4 Å². The molecule has 2 heterocycles. The molecule has 0 aliphatic rings. The van der Waals surface area contributed by atoms with Gasteiger partial charge in [0.25, 0.3) is 0 Å². The molecule has 6 rings (SSSR count). The second-order valence-corrected chi connectivity index (χ2v) is 12.8. The molecule has 4 aromatic carbocycles. The van der Waals surface area contributed by atoms with E-state index in [-0.39, 0.29) is 0 Å². The predicted molar refractivity (Wildman–Crippen MR) is 204 cm³/mol. The monoisotopic (exact) mass is 704 g/mol. The Morgan fingerprint density at radius 3 is 2.45 bits per heavy atom. The van der Waals surface area contributed by atoms with E-state index in [0.29, 0.717) is 46.9 Å². The van der Waals surface area contributed by atoms with Crippen LogP contribution in [-0.4, -0.2) is 74.2 Å². The van der Waals surface area contributed by atoms with E-state index >= 15 is 0 Å². The number of anilines is 3. The number of hydrogen-bond acceptors (Lipinski definition) is 9. The molecule has 0 amide bonds. The van der Waals surface area contributed by atoms with Gasteiger partial charge in [-0.2, -0.15) is 0 Å². The van der Waals surface area contributed by atoms with Crippen molar-refractivity contribution in [2.75, 3.05) is 58.7 Å². The zero-order valence-corrected chi connectivity index (χ0v) is 30.1. The average Bonchev–Trinajstić information content (AvgIpc) is 3.51. The Morgan fingerprint density at radius 2 is 1.71 bits per heavy atom. The number of nitrogens with one attached hydrogen (secondary N) is 1. The van der Waals surface area contributed by atoms with Crippen LogP contribution in [0.4, 0.5) is 17.3 Å². The van der Waals surface area contributed by atoms with Crippen molar-refractivity contribution in [1.29, 1.82) is 0 Å². The van der Waals surface area contributed by atoms with Gasteiger partial charge in [-0.1, -0.05) is 54.1 Å². The molecule has 11 heteroatoms. The number of carbonyl (C=O) groups excluding carboxylic acids is 1. The topological polar surface area (TPSA) is 94.0 Å². The van der Waals surface area contributed by atoms with Crippen LogP contribution in [0, 0.1) is 0 Å². The summed E-state index contributed by atoms with van der Waals surface area (Å²) in [7, 11) is 9.46. The van der Waals surface area contributed by atoms with Crippen LogP contribution in [0.15, 0.2) is 97.3 Å². The third kappa shape index (κ3) is 8.09. The van der Waals surface area contributed by atoms with Crippen molar-refractivity contribution >= 4 is 46.1 Å². The first-order valence-corrected chi connectivity index (χ1v) is 16.9. The van der Waals surface area contributed by atoms with Crippen molar-refractivity contribution < 1.29 is 19.0 Å². The number of para-hydroxylation sites is 1. The highest BCUT2D eigenvalue weighted by atomic mass is 35.5. The number of benzene rings is 4. The zero-order valence-electron chi connectivity index (χ0n) is 29.4. The van der Waals surface area contributed by atoms with Crippen LogP contribution in [0.1, 0.15) is 21.5 Å². The highest BCUT2D eigenvalue weighted by Crippen LogP contribution is 2.36. The van der Waals surface area contributed by atoms with E-state index in [1.54, 1.807) is 20.4 Å². The fourth-order valence-electron chi connectivity index (χ4n) is 5.86. The molecule has 1 N–H and O–H groups in total. The largest absolute Gasteiger partial charge is 0.497 e. The summed E-state index contributed by atoms with van der Waals surface area (Å²) in [6.45, 7) is 2.55. The molecule has 0 bridgehead atoms. The summed E-state index contributed by atoms with van der Waals surface area (Å²) in [6.07, 6.45) is 4.47. The molecule has 10 nitrogen and oxygen atoms in total. The molecule has 0 unspecified atom stereocenters. The summed E-state index contributed by atoms with van der Waals surface area (Å²) in [6, 6.07) is 27.4. The van der Waals surface area contributed by atoms with Gasteiger partial charge in [0.2, 0.25) is 5.95 Å². The van der Waals surface area contributed by atoms with Crippen molar-refractivity contribution in [2.45, 2.75) is 13.2 Å². The van der Waals surface area contributed by atoms with E-state index in [9.17, 15) is 4.79 Å². The van der Waals surface area contributed by atoms with Crippen LogP contribution in [0.25, 0.3) is 22.2 Å². The van der Waals surface area contributed by atoms with E-state index in [1.807, 2.05) is 91.1 Å². The van der Waals surface area contributed by atoms with E-state index in [1.165, 1.54) is 0 Å². The number of fused-ring (bicyclic) bond motifs is 1. The van der Waals surface area contributed by atoms with Crippen molar-refractivity contribution in [3.63, 3.8) is 0 Å². The van der Waals surface area contributed by atoms with Gasteiger partial charge >= 0.3 is 0 Å². The SMILES string of the molecule is COc1ccc(COc2cccc(Cn3cc(-c4nc(Nc5ccc(N(C)CCN(C)C)cc5OC)ncc4Cl)c4ccccc43)c2C=O)cc1. The molecule has 0 spiro atoms. The minimum absolute atomic E-state index is 0.317. The second kappa shape index (κ2) is 16.0. The Balaban J connectivity index is 1.27. The molecule has 0 saturated heterocycles. The maximum absolute atomic E-state index is 12.4. The average molecular weight is 705 g/mol. The highest BCUT2D eigenvalue weighted by Gasteiger charge is 2.18. The smallest absolute Gasteiger partial charge is 0.227 e. The molecule has 262 valence electrons. The van der Waals surface area contributed by atoms with Crippen molar-refractivity contribution in [3.05, 3.63) is 119 Å². The number of likely N-dealkylation sites (N-methyl/N-ethyl adjacent to an activating group) is 2. The molecule has 0 fully saturated rings. The van der Waals surface area contributed by atoms with Crippen LogP contribution in [0.2, 0.25) is 5.02 Å². The summed E-state index contributed by atoms with van der Waals surface area (Å²) in [5, 5.41) is 4.70. The Hall–Kier alpha value is -5.58. The van der Waals surface area contributed by atoms with E-state index in [2.05, 4.69) is 45.8 Å². The second-order valence-electron chi connectivity index (χ2n) is 12.4. The lowest BCUT2D eigenvalue weighted by Crippen LogP contribution is -2.28. The van der Waals surface area contributed by atoms with Gasteiger partial charge in [0.1, 0.15) is 23.9 Å². The van der Waals surface area contributed by atoms with Crippen LogP contribution in [0.3, 0.4) is 0 Å². The molecule has 2 aromatic heterocycles. The molecular weight excluding hydrogens is 664 g/mol. The molecule has 0 aliphatic carbocycles. The van der Waals surface area contributed by atoms with Crippen molar-refractivity contribution in [2.24, 2.45) is 0 Å². The Morgan fingerprint density at radius 1 is 0.902 bits per heavy atom. The fourth-order valence-corrected chi connectivity index (χ4v) is 6.05. The van der Waals surface area contributed by atoms with Gasteiger partial charge in [-0.25, -0.2) is 9.97 Å². The number of rotatable bonds is 15. The summed E-state index contributed by atoms with van der Waals surface area (Å²) in [5.74, 6) is 2.34. The van der Waals surface area contributed by atoms with Gasteiger partial charge in [-0.05, 0) is 61.6 Å². The number of ether oxygens (including phenoxy) is 3. The first kappa shape index (κ1) is 35.3. The Labute approximate surface area is 303 Å². The van der Waals surface area contributed by atoms with Gasteiger partial charge in [-0.15, -0.1) is 0 Å². The molecule has 0 atom stereocenters. The van der Waals surface area contributed by atoms with Gasteiger partial charge in [-0.3, -0.25) is 4.79 Å². The third-order valence-corrected chi connectivity index (χ3v) is 8.99. The minimum atomic E-state index is 0.317. The number of hydrogen-bond donors (Lipinski definition) is 1. The number of aromatic nitrogens is 3. The van der Waals surface area contributed by atoms with Crippen LogP contribution >= 0.6 is 11.6 Å². The zero-order chi connectivity index (χ0) is 35.9. The maximum atomic E-state index is 12.4. The summed E-state index contributed by atoms with van der Waals surface area (Å²) in [5.41, 5.74) is 6.44. The summed E-state index contributed by atoms with van der Waals surface area (Å²) >= 11 is 6.77. The Bertz CT molecular complexity index is 2130. The predicted octanol–water partition coefficient (Wildman–Crippen LogP) is 7.95. The number of methoxy groups -OCH3 is 2. The summed E-state index contributed by atoms with van der Waals surface area (Å²) in [4.78, 5) is 26.1. The van der Waals surface area contributed by atoms with Gasteiger partial charge in [0, 0.05) is 61.1 Å². The van der Waals surface area contributed by atoms with E-state index < -0.39 is 0 Å². The van der Waals surface area contributed by atoms with Crippen LogP contribution in [-0.2, 0) is 13.2 Å². The van der Waals surface area contributed by atoms with Crippen molar-refractivity contribution in [3.8, 4) is 28.5 Å². The van der Waals surface area contributed by atoms with Crippen molar-refractivity contribution in [1.82, 2.24) is 19.4 Å². The first-order valence-electron chi connectivity index (χ1n) is 16.5. The van der Waals surface area contributed by atoms with Crippen LogP contribution < -0.4 is 24.4 Å². The standard InChI is InChI=1S/C40H41ClN6O4/c1-45(2)19-20-46(3)29-15-18-35(38(21-29)50-5)43-40-42-22-34(41)39(44-40)32-24-47(36-11-7-6-10-31(32)36)23-28-9-8-12-37(33(28)25-48)51-26-27-13-16-30(49-4)17-14-27/h6-18,21-22,24-25H,19-20,23,26H2,1-5H3,(H,42,43,44). The molecule has 0 saturated carbocycles. The maximum Gasteiger partial charge on any atom is 0.227 e. The fraction of sp³-hybridized carbons (Fsp3) is 0.225. The number of halogens is 1. The quantitative estimate of drug-likeness (QED) is 0.107.